The fourth-order valence-electron chi connectivity index (χ4n) is 3.13. The van der Waals surface area contributed by atoms with Gasteiger partial charge in [0.25, 0.3) is 0 Å². The average molecular weight is 292 g/mol. The summed E-state index contributed by atoms with van der Waals surface area (Å²) in [6.07, 6.45) is 4.94. The van der Waals surface area contributed by atoms with Crippen LogP contribution in [0.2, 0.25) is 0 Å². The van der Waals surface area contributed by atoms with Gasteiger partial charge in [-0.2, -0.15) is 0 Å². The number of methoxy groups -OCH3 is 2. The first kappa shape index (κ1) is 16.0. The first-order valence-electron chi connectivity index (χ1n) is 7.89. The maximum atomic E-state index is 6.26. The Morgan fingerprint density at radius 1 is 1.14 bits per heavy atom. The van der Waals surface area contributed by atoms with Crippen molar-refractivity contribution in [2.75, 3.05) is 32.2 Å². The molecule has 0 aliphatic carbocycles. The van der Waals surface area contributed by atoms with Gasteiger partial charge in [0.2, 0.25) is 0 Å². The Morgan fingerprint density at radius 2 is 1.81 bits per heavy atom. The highest BCUT2D eigenvalue weighted by Gasteiger charge is 2.25. The summed E-state index contributed by atoms with van der Waals surface area (Å²) in [4.78, 5) is 2.37. The molecule has 1 heterocycles. The van der Waals surface area contributed by atoms with Gasteiger partial charge in [-0.15, -0.1) is 0 Å². The minimum Gasteiger partial charge on any atom is -0.497 e. The summed E-state index contributed by atoms with van der Waals surface area (Å²) in [5, 5.41) is 0. The summed E-state index contributed by atoms with van der Waals surface area (Å²) < 4.78 is 10.7. The van der Waals surface area contributed by atoms with Crippen LogP contribution in [0.4, 0.5) is 5.69 Å². The second-order valence-corrected chi connectivity index (χ2v) is 5.98. The van der Waals surface area contributed by atoms with E-state index in [-0.39, 0.29) is 6.04 Å². The number of ether oxygens (including phenoxy) is 2. The van der Waals surface area contributed by atoms with E-state index in [9.17, 15) is 0 Å². The Balaban J connectivity index is 2.15. The van der Waals surface area contributed by atoms with Crippen molar-refractivity contribution in [1.82, 2.24) is 0 Å². The molecule has 0 amide bonds. The first-order chi connectivity index (χ1) is 10.2. The predicted octanol–water partition coefficient (Wildman–Crippen LogP) is 3.05. The summed E-state index contributed by atoms with van der Waals surface area (Å²) >= 11 is 0. The fraction of sp³-hybridized carbons (Fsp3) is 0.647. The van der Waals surface area contributed by atoms with Gasteiger partial charge in [0.15, 0.2) is 0 Å². The Kier molecular flexibility index (Phi) is 5.74. The van der Waals surface area contributed by atoms with Crippen molar-refractivity contribution in [3.63, 3.8) is 0 Å². The Bertz CT molecular complexity index is 428. The number of hydrogen-bond acceptors (Lipinski definition) is 4. The topological polar surface area (TPSA) is 47.7 Å². The Morgan fingerprint density at radius 3 is 2.38 bits per heavy atom. The van der Waals surface area contributed by atoms with Crippen molar-refractivity contribution in [3.8, 4) is 11.5 Å². The fourth-order valence-corrected chi connectivity index (χ4v) is 3.13. The van der Waals surface area contributed by atoms with Crippen molar-refractivity contribution in [1.29, 1.82) is 0 Å². The van der Waals surface area contributed by atoms with Gasteiger partial charge in [-0.1, -0.05) is 19.8 Å². The molecule has 2 unspecified atom stereocenters. The van der Waals surface area contributed by atoms with Crippen molar-refractivity contribution in [3.05, 3.63) is 18.2 Å². The number of nitrogens with zero attached hydrogens (tertiary/aromatic N) is 1. The molecule has 21 heavy (non-hydrogen) atoms. The third-order valence-corrected chi connectivity index (χ3v) is 4.24. The molecule has 1 fully saturated rings. The minimum absolute atomic E-state index is 0.248. The van der Waals surface area contributed by atoms with Crippen molar-refractivity contribution in [2.45, 2.75) is 38.6 Å². The van der Waals surface area contributed by atoms with E-state index in [4.69, 9.17) is 15.2 Å². The zero-order valence-electron chi connectivity index (χ0n) is 13.5. The molecule has 2 rings (SSSR count). The molecule has 1 aromatic carbocycles. The van der Waals surface area contributed by atoms with Crippen LogP contribution in [0, 0.1) is 5.92 Å². The van der Waals surface area contributed by atoms with Crippen LogP contribution < -0.4 is 20.1 Å². The molecule has 0 radical (unpaired) electrons. The molecule has 1 aliphatic heterocycles. The van der Waals surface area contributed by atoms with Crippen LogP contribution in [0.25, 0.3) is 0 Å². The van der Waals surface area contributed by atoms with Crippen LogP contribution in [-0.4, -0.2) is 33.4 Å². The molecule has 1 aliphatic rings. The van der Waals surface area contributed by atoms with Crippen LogP contribution in [0.3, 0.4) is 0 Å². The van der Waals surface area contributed by atoms with Gasteiger partial charge in [0.05, 0.1) is 14.2 Å². The molecule has 1 saturated heterocycles. The van der Waals surface area contributed by atoms with Crippen LogP contribution >= 0.6 is 0 Å². The summed E-state index contributed by atoms with van der Waals surface area (Å²) in [6, 6.07) is 6.29. The van der Waals surface area contributed by atoms with E-state index in [1.807, 2.05) is 6.07 Å². The lowest BCUT2D eigenvalue weighted by molar-refractivity contribution is 0.348. The molecule has 4 nitrogen and oxygen atoms in total. The maximum absolute atomic E-state index is 6.26. The first-order valence-corrected chi connectivity index (χ1v) is 7.89. The number of benzene rings is 1. The lowest BCUT2D eigenvalue weighted by atomic mass is 9.90. The van der Waals surface area contributed by atoms with E-state index < -0.39 is 0 Å². The van der Waals surface area contributed by atoms with Crippen molar-refractivity contribution < 1.29 is 9.47 Å². The second kappa shape index (κ2) is 7.55. The van der Waals surface area contributed by atoms with Gasteiger partial charge >= 0.3 is 0 Å². The molecular formula is C17H28N2O2. The number of anilines is 1. The van der Waals surface area contributed by atoms with Gasteiger partial charge in [-0.25, -0.2) is 0 Å². The zero-order chi connectivity index (χ0) is 15.2. The van der Waals surface area contributed by atoms with E-state index >= 15 is 0 Å². The normalized spacial score (nSPS) is 22.2. The van der Waals surface area contributed by atoms with Crippen molar-refractivity contribution in [2.24, 2.45) is 11.7 Å². The standard InChI is InChI=1S/C17H28N2O2/c1-4-5-6-13-7-14(18)12-19(11-13)15-8-16(20-2)10-17(9-15)21-3/h8-10,13-14H,4-7,11-12,18H2,1-3H3. The molecular weight excluding hydrogens is 264 g/mol. The monoisotopic (exact) mass is 292 g/mol. The van der Waals surface area contributed by atoms with E-state index in [0.717, 1.165) is 36.7 Å². The van der Waals surface area contributed by atoms with Crippen LogP contribution in [0.5, 0.6) is 11.5 Å². The van der Waals surface area contributed by atoms with Crippen LogP contribution in [0.1, 0.15) is 32.6 Å². The Labute approximate surface area is 128 Å². The third-order valence-electron chi connectivity index (χ3n) is 4.24. The predicted molar refractivity (Wildman–Crippen MR) is 87.4 cm³/mol. The number of unbranched alkanes of at least 4 members (excludes halogenated alkanes) is 1. The Hall–Kier alpha value is -1.42. The van der Waals surface area contributed by atoms with E-state index in [2.05, 4.69) is 24.0 Å². The zero-order valence-corrected chi connectivity index (χ0v) is 13.5. The summed E-state index contributed by atoms with van der Waals surface area (Å²) in [7, 11) is 3.37. The second-order valence-electron chi connectivity index (χ2n) is 5.98. The highest BCUT2D eigenvalue weighted by molar-refractivity contribution is 5.56. The maximum Gasteiger partial charge on any atom is 0.124 e. The molecule has 0 bridgehead atoms. The summed E-state index contributed by atoms with van der Waals surface area (Å²) in [5.74, 6) is 2.34. The molecule has 0 spiro atoms. The number of piperidine rings is 1. The van der Waals surface area contributed by atoms with Gasteiger partial charge in [0, 0.05) is 43.0 Å². The number of hydrogen-bond donors (Lipinski definition) is 1. The molecule has 0 aromatic heterocycles. The minimum atomic E-state index is 0.248. The molecule has 1 aromatic rings. The van der Waals surface area contributed by atoms with E-state index in [1.54, 1.807) is 14.2 Å². The highest BCUT2D eigenvalue weighted by Crippen LogP contribution is 2.32. The molecule has 2 atom stereocenters. The largest absolute Gasteiger partial charge is 0.497 e. The molecule has 4 heteroatoms. The average Bonchev–Trinajstić information content (AvgIpc) is 2.51. The summed E-state index contributed by atoms with van der Waals surface area (Å²) in [6.45, 7) is 4.22. The van der Waals surface area contributed by atoms with Gasteiger partial charge in [-0.3, -0.25) is 0 Å². The van der Waals surface area contributed by atoms with Crippen LogP contribution in [0.15, 0.2) is 18.2 Å². The highest BCUT2D eigenvalue weighted by atomic mass is 16.5. The summed E-state index contributed by atoms with van der Waals surface area (Å²) in [5.41, 5.74) is 7.40. The third kappa shape index (κ3) is 4.27. The van der Waals surface area contributed by atoms with Gasteiger partial charge in [-0.05, 0) is 18.8 Å². The number of rotatable bonds is 6. The lowest BCUT2D eigenvalue weighted by Crippen LogP contribution is -2.47. The van der Waals surface area contributed by atoms with Crippen molar-refractivity contribution >= 4 is 5.69 Å². The molecule has 0 saturated carbocycles. The van der Waals surface area contributed by atoms with Gasteiger partial charge < -0.3 is 20.1 Å². The van der Waals surface area contributed by atoms with Gasteiger partial charge in [0.1, 0.15) is 11.5 Å². The SMILES string of the molecule is CCCCC1CC(N)CN(c2cc(OC)cc(OC)c2)C1. The molecule has 118 valence electrons. The van der Waals surface area contributed by atoms with E-state index in [1.165, 1.54) is 19.3 Å². The lowest BCUT2D eigenvalue weighted by Gasteiger charge is -2.38. The number of nitrogens with two attached hydrogens (primary N) is 1. The quantitative estimate of drug-likeness (QED) is 0.875. The molecule has 2 N–H and O–H groups in total. The van der Waals surface area contributed by atoms with Crippen LogP contribution in [-0.2, 0) is 0 Å². The van der Waals surface area contributed by atoms with E-state index in [0.29, 0.717) is 5.92 Å². The smallest absolute Gasteiger partial charge is 0.124 e.